The van der Waals surface area contributed by atoms with Crippen LogP contribution in [0.15, 0.2) is 54.9 Å². The van der Waals surface area contributed by atoms with Crippen molar-refractivity contribution in [2.24, 2.45) is 0 Å². The summed E-state index contributed by atoms with van der Waals surface area (Å²) in [6.07, 6.45) is 1.46. The van der Waals surface area contributed by atoms with Gasteiger partial charge in [-0.3, -0.25) is 0 Å². The average Bonchev–Trinajstić information content (AvgIpc) is 2.65. The molecule has 0 unspecified atom stereocenters. The Morgan fingerprint density at radius 2 is 1.77 bits per heavy atom. The van der Waals surface area contributed by atoms with Gasteiger partial charge >= 0.3 is 0 Å². The Bertz CT molecular complexity index is 870. The number of ether oxygens (including phenoxy) is 1. The molecule has 0 aliphatic rings. The number of nitrogens with one attached hydrogen (secondary N) is 2. The first-order valence-electron chi connectivity index (χ1n) is 8.25. The fourth-order valence-corrected chi connectivity index (χ4v) is 2.53. The van der Waals surface area contributed by atoms with E-state index in [-0.39, 0.29) is 0 Å². The number of benzene rings is 2. The summed E-state index contributed by atoms with van der Waals surface area (Å²) in [4.78, 5) is 8.47. The summed E-state index contributed by atoms with van der Waals surface area (Å²) in [6, 6.07) is 15.2. The molecule has 7 heteroatoms. The van der Waals surface area contributed by atoms with Crippen molar-refractivity contribution in [3.8, 4) is 5.75 Å². The number of aromatic nitrogens is 2. The molecule has 0 amide bonds. The van der Waals surface area contributed by atoms with Gasteiger partial charge in [0.25, 0.3) is 0 Å². The summed E-state index contributed by atoms with van der Waals surface area (Å²) in [7, 11) is 0. The third-order valence-electron chi connectivity index (χ3n) is 3.70. The summed E-state index contributed by atoms with van der Waals surface area (Å²) in [5, 5.41) is 7.14. The van der Waals surface area contributed by atoms with Crippen LogP contribution in [-0.4, -0.2) is 16.6 Å². The molecule has 4 N–H and O–H groups in total. The fraction of sp³-hybridized carbons (Fsp3) is 0.158. The molecule has 3 aromatic rings. The number of para-hydroxylation sites is 2. The number of nitrogen functional groups attached to an aromatic ring is 1. The van der Waals surface area contributed by atoms with Crippen LogP contribution in [-0.2, 0) is 6.54 Å². The largest absolute Gasteiger partial charge is 0.492 e. The van der Waals surface area contributed by atoms with Gasteiger partial charge in [0.1, 0.15) is 17.8 Å². The Morgan fingerprint density at radius 3 is 2.54 bits per heavy atom. The molecule has 0 aliphatic heterocycles. The minimum atomic E-state index is 0.438. The molecule has 134 valence electrons. The zero-order valence-corrected chi connectivity index (χ0v) is 15.1. The summed E-state index contributed by atoms with van der Waals surface area (Å²) in [5.74, 6) is 1.82. The summed E-state index contributed by atoms with van der Waals surface area (Å²) >= 11 is 5.91. The van der Waals surface area contributed by atoms with Crippen LogP contribution in [0.25, 0.3) is 0 Å². The van der Waals surface area contributed by atoms with Crippen LogP contribution < -0.4 is 21.1 Å². The smallest absolute Gasteiger partial charge is 0.159 e. The van der Waals surface area contributed by atoms with Crippen molar-refractivity contribution in [2.75, 3.05) is 23.0 Å². The maximum absolute atomic E-state index is 6.23. The molecule has 0 atom stereocenters. The van der Waals surface area contributed by atoms with Gasteiger partial charge in [-0.2, -0.15) is 0 Å². The number of halogens is 1. The minimum absolute atomic E-state index is 0.438. The van der Waals surface area contributed by atoms with Crippen molar-refractivity contribution in [2.45, 2.75) is 13.5 Å². The van der Waals surface area contributed by atoms with E-state index in [1.165, 1.54) is 6.33 Å². The number of hydrogen-bond donors (Lipinski definition) is 3. The van der Waals surface area contributed by atoms with Crippen molar-refractivity contribution in [3.05, 3.63) is 65.4 Å². The van der Waals surface area contributed by atoms with Crippen molar-refractivity contribution in [1.82, 2.24) is 9.97 Å². The second-order valence-electron chi connectivity index (χ2n) is 5.52. The predicted molar refractivity (Wildman–Crippen MR) is 106 cm³/mol. The molecule has 3 rings (SSSR count). The summed E-state index contributed by atoms with van der Waals surface area (Å²) in [5.41, 5.74) is 8.54. The van der Waals surface area contributed by atoms with E-state index in [2.05, 4.69) is 20.6 Å². The van der Waals surface area contributed by atoms with Crippen LogP contribution >= 0.6 is 11.6 Å². The van der Waals surface area contributed by atoms with Gasteiger partial charge in [0.2, 0.25) is 0 Å². The van der Waals surface area contributed by atoms with E-state index in [1.807, 2.05) is 55.5 Å². The Hall–Kier alpha value is -2.99. The van der Waals surface area contributed by atoms with E-state index < -0.39 is 0 Å². The zero-order valence-electron chi connectivity index (χ0n) is 14.4. The standard InChI is InChI=1S/C19H20ClN5O/c1-2-26-16-6-4-3-5-15(16)25-19-17(21)18(23-12-24-19)22-11-13-7-9-14(20)10-8-13/h3-10,12H,2,11,21H2,1H3,(H2,22,23,24,25). The third kappa shape index (κ3) is 4.34. The first-order chi connectivity index (χ1) is 12.7. The van der Waals surface area contributed by atoms with Crippen LogP contribution in [0.5, 0.6) is 5.75 Å². The van der Waals surface area contributed by atoms with Crippen LogP contribution in [0.2, 0.25) is 5.02 Å². The zero-order chi connectivity index (χ0) is 18.4. The van der Waals surface area contributed by atoms with Crippen molar-refractivity contribution < 1.29 is 4.74 Å². The quantitative estimate of drug-likeness (QED) is 0.570. The molecule has 0 saturated carbocycles. The Labute approximate surface area is 157 Å². The molecular formula is C19H20ClN5O. The molecule has 0 fully saturated rings. The highest BCUT2D eigenvalue weighted by molar-refractivity contribution is 6.30. The molecular weight excluding hydrogens is 350 g/mol. The van der Waals surface area contributed by atoms with E-state index in [0.717, 1.165) is 17.0 Å². The van der Waals surface area contributed by atoms with Crippen molar-refractivity contribution in [3.63, 3.8) is 0 Å². The molecule has 2 aromatic carbocycles. The van der Waals surface area contributed by atoms with Gasteiger partial charge in [-0.25, -0.2) is 9.97 Å². The van der Waals surface area contributed by atoms with E-state index in [0.29, 0.717) is 35.5 Å². The maximum Gasteiger partial charge on any atom is 0.159 e. The SMILES string of the molecule is CCOc1ccccc1Nc1ncnc(NCc2ccc(Cl)cc2)c1N. The molecule has 0 aliphatic carbocycles. The second-order valence-corrected chi connectivity index (χ2v) is 5.96. The lowest BCUT2D eigenvalue weighted by molar-refractivity contribution is 0.342. The van der Waals surface area contributed by atoms with Gasteiger partial charge in [0.15, 0.2) is 11.6 Å². The maximum atomic E-state index is 6.23. The molecule has 0 spiro atoms. The lowest BCUT2D eigenvalue weighted by Gasteiger charge is -2.15. The van der Waals surface area contributed by atoms with Crippen LogP contribution in [0.1, 0.15) is 12.5 Å². The van der Waals surface area contributed by atoms with Gasteiger partial charge in [0, 0.05) is 11.6 Å². The van der Waals surface area contributed by atoms with Gasteiger partial charge < -0.3 is 21.1 Å². The summed E-state index contributed by atoms with van der Waals surface area (Å²) in [6.45, 7) is 3.09. The number of nitrogens with zero attached hydrogens (tertiary/aromatic N) is 2. The first kappa shape index (κ1) is 17.8. The van der Waals surface area contributed by atoms with Crippen molar-refractivity contribution in [1.29, 1.82) is 0 Å². The molecule has 0 bridgehead atoms. The number of nitrogens with two attached hydrogens (primary N) is 1. The topological polar surface area (TPSA) is 85.1 Å². The van der Waals surface area contributed by atoms with E-state index in [9.17, 15) is 0 Å². The minimum Gasteiger partial charge on any atom is -0.492 e. The fourth-order valence-electron chi connectivity index (χ4n) is 2.40. The number of hydrogen-bond acceptors (Lipinski definition) is 6. The number of rotatable bonds is 7. The predicted octanol–water partition coefficient (Wildman–Crippen LogP) is 4.47. The Balaban J connectivity index is 1.76. The molecule has 0 saturated heterocycles. The van der Waals surface area contributed by atoms with Gasteiger partial charge in [-0.05, 0) is 36.8 Å². The third-order valence-corrected chi connectivity index (χ3v) is 3.95. The molecule has 1 aromatic heterocycles. The van der Waals surface area contributed by atoms with E-state index >= 15 is 0 Å². The lowest BCUT2D eigenvalue weighted by atomic mass is 10.2. The summed E-state index contributed by atoms with van der Waals surface area (Å²) < 4.78 is 5.62. The first-order valence-corrected chi connectivity index (χ1v) is 8.62. The molecule has 26 heavy (non-hydrogen) atoms. The lowest BCUT2D eigenvalue weighted by Crippen LogP contribution is -2.08. The molecule has 1 heterocycles. The van der Waals surface area contributed by atoms with Crippen LogP contribution in [0.4, 0.5) is 23.0 Å². The van der Waals surface area contributed by atoms with Crippen LogP contribution in [0, 0.1) is 0 Å². The van der Waals surface area contributed by atoms with Crippen molar-refractivity contribution >= 4 is 34.6 Å². The highest BCUT2D eigenvalue weighted by atomic mass is 35.5. The van der Waals surface area contributed by atoms with Crippen LogP contribution in [0.3, 0.4) is 0 Å². The Kier molecular flexibility index (Phi) is 5.76. The van der Waals surface area contributed by atoms with Gasteiger partial charge in [0.05, 0.1) is 12.3 Å². The highest BCUT2D eigenvalue weighted by Crippen LogP contribution is 2.31. The van der Waals surface area contributed by atoms with E-state index in [4.69, 9.17) is 22.1 Å². The average molecular weight is 370 g/mol. The number of anilines is 4. The van der Waals surface area contributed by atoms with E-state index in [1.54, 1.807) is 0 Å². The molecule has 6 nitrogen and oxygen atoms in total. The molecule has 0 radical (unpaired) electrons. The highest BCUT2D eigenvalue weighted by Gasteiger charge is 2.10. The normalized spacial score (nSPS) is 10.4. The van der Waals surface area contributed by atoms with Gasteiger partial charge in [-0.1, -0.05) is 35.9 Å². The monoisotopic (exact) mass is 369 g/mol. The van der Waals surface area contributed by atoms with Gasteiger partial charge in [-0.15, -0.1) is 0 Å². The Morgan fingerprint density at radius 1 is 1.04 bits per heavy atom. The second kappa shape index (κ2) is 8.40.